The molecule has 4 nitrogen and oxygen atoms in total. The summed E-state index contributed by atoms with van der Waals surface area (Å²) in [7, 11) is 0. The molecule has 0 spiro atoms. The van der Waals surface area contributed by atoms with Gasteiger partial charge in [0.15, 0.2) is 5.60 Å². The molecule has 0 unspecified atom stereocenters. The van der Waals surface area contributed by atoms with E-state index in [0.29, 0.717) is 17.7 Å². The van der Waals surface area contributed by atoms with E-state index >= 15 is 0 Å². The van der Waals surface area contributed by atoms with Gasteiger partial charge in [-0.15, -0.1) is 0 Å². The number of carbonyl (C=O) groups excluding carboxylic acids is 1. The topological polar surface area (TPSA) is 56.3 Å². The van der Waals surface area contributed by atoms with E-state index in [1.807, 2.05) is 49.4 Å². The highest BCUT2D eigenvalue weighted by atomic mass is 79.9. The van der Waals surface area contributed by atoms with Gasteiger partial charge in [0.05, 0.1) is 5.69 Å². The summed E-state index contributed by atoms with van der Waals surface area (Å²) in [6, 6.07) is 13.3. The van der Waals surface area contributed by atoms with E-state index in [2.05, 4.69) is 20.9 Å². The first kappa shape index (κ1) is 14.5. The minimum absolute atomic E-state index is 0.308. The first-order chi connectivity index (χ1) is 11.1. The Balaban J connectivity index is 2.04. The van der Waals surface area contributed by atoms with Crippen LogP contribution in [-0.4, -0.2) is 22.5 Å². The number of aliphatic hydroxyl groups is 1. The SMILES string of the molecule is CCN1C(=O)[C@](O)(c2c[nH]c3ccccc23)c2cc(Br)ccc21. The first-order valence-electron chi connectivity index (χ1n) is 7.48. The molecule has 1 aliphatic heterocycles. The minimum Gasteiger partial charge on any atom is -0.372 e. The Bertz CT molecular complexity index is 934. The minimum atomic E-state index is -1.67. The third kappa shape index (κ3) is 1.84. The van der Waals surface area contributed by atoms with E-state index in [0.717, 1.165) is 21.1 Å². The lowest BCUT2D eigenvalue weighted by molar-refractivity contribution is -0.132. The average molecular weight is 371 g/mol. The second-order valence-corrected chi connectivity index (χ2v) is 6.58. The van der Waals surface area contributed by atoms with E-state index in [4.69, 9.17) is 0 Å². The molecule has 0 saturated carbocycles. The maximum Gasteiger partial charge on any atom is 0.268 e. The summed E-state index contributed by atoms with van der Waals surface area (Å²) in [6.45, 7) is 2.42. The van der Waals surface area contributed by atoms with Crippen LogP contribution >= 0.6 is 15.9 Å². The third-order valence-corrected chi connectivity index (χ3v) is 4.98. The Morgan fingerprint density at radius 1 is 1.22 bits per heavy atom. The second kappa shape index (κ2) is 4.94. The number of H-pyrrole nitrogens is 1. The van der Waals surface area contributed by atoms with E-state index in [-0.39, 0.29) is 5.91 Å². The summed E-state index contributed by atoms with van der Waals surface area (Å²) in [5.41, 5.74) is 1.19. The molecule has 23 heavy (non-hydrogen) atoms. The number of nitrogens with one attached hydrogen (secondary N) is 1. The predicted molar refractivity (Wildman–Crippen MR) is 93.5 cm³/mol. The van der Waals surface area contributed by atoms with Gasteiger partial charge in [-0.2, -0.15) is 0 Å². The molecule has 0 saturated heterocycles. The summed E-state index contributed by atoms with van der Waals surface area (Å²) in [5.74, 6) is -0.308. The lowest BCUT2D eigenvalue weighted by Gasteiger charge is -2.22. The van der Waals surface area contributed by atoms with Crippen molar-refractivity contribution >= 4 is 38.4 Å². The van der Waals surface area contributed by atoms with Crippen molar-refractivity contribution in [3.05, 3.63) is 64.3 Å². The number of anilines is 1. The summed E-state index contributed by atoms with van der Waals surface area (Å²) >= 11 is 3.44. The molecule has 1 amide bonds. The van der Waals surface area contributed by atoms with Gasteiger partial charge < -0.3 is 15.0 Å². The molecule has 116 valence electrons. The van der Waals surface area contributed by atoms with Crippen LogP contribution < -0.4 is 4.90 Å². The fourth-order valence-electron chi connectivity index (χ4n) is 3.40. The van der Waals surface area contributed by atoms with Gasteiger partial charge in [0.2, 0.25) is 0 Å². The number of carbonyl (C=O) groups is 1. The molecule has 1 aromatic heterocycles. The van der Waals surface area contributed by atoms with Crippen molar-refractivity contribution in [2.75, 3.05) is 11.4 Å². The number of likely N-dealkylation sites (N-methyl/N-ethyl adjacent to an activating group) is 1. The molecular weight excluding hydrogens is 356 g/mol. The highest BCUT2D eigenvalue weighted by molar-refractivity contribution is 9.10. The Kier molecular flexibility index (Phi) is 3.11. The molecule has 2 aromatic carbocycles. The van der Waals surface area contributed by atoms with Crippen LogP contribution in [0.2, 0.25) is 0 Å². The average Bonchev–Trinajstić information content (AvgIpc) is 3.07. The highest BCUT2D eigenvalue weighted by Crippen LogP contribution is 2.47. The Morgan fingerprint density at radius 3 is 2.78 bits per heavy atom. The maximum absolute atomic E-state index is 13.0. The molecule has 5 heteroatoms. The summed E-state index contributed by atoms with van der Waals surface area (Å²) in [6.07, 6.45) is 1.73. The standard InChI is InChI=1S/C18H15BrN2O2/c1-2-21-16-8-7-11(19)9-13(16)18(23,17(21)22)14-10-20-15-6-4-3-5-12(14)15/h3-10,20,23H,2H2,1H3/t18-/m1/s1. The smallest absolute Gasteiger partial charge is 0.268 e. The summed E-state index contributed by atoms with van der Waals surface area (Å²) < 4.78 is 0.834. The van der Waals surface area contributed by atoms with Crippen LogP contribution in [0.15, 0.2) is 53.1 Å². The number of nitrogens with zero attached hydrogens (tertiary/aromatic N) is 1. The molecule has 4 rings (SSSR count). The lowest BCUT2D eigenvalue weighted by atomic mass is 9.87. The van der Waals surface area contributed by atoms with Gasteiger partial charge >= 0.3 is 0 Å². The Labute approximate surface area is 141 Å². The van der Waals surface area contributed by atoms with Gasteiger partial charge in [0.25, 0.3) is 5.91 Å². The second-order valence-electron chi connectivity index (χ2n) is 5.67. The van der Waals surface area contributed by atoms with Gasteiger partial charge in [0.1, 0.15) is 0 Å². The van der Waals surface area contributed by atoms with Gasteiger partial charge in [-0.1, -0.05) is 34.1 Å². The fourth-order valence-corrected chi connectivity index (χ4v) is 3.76. The molecule has 1 aliphatic rings. The third-order valence-electron chi connectivity index (χ3n) is 4.49. The van der Waals surface area contributed by atoms with Crippen molar-refractivity contribution in [3.63, 3.8) is 0 Å². The number of fused-ring (bicyclic) bond motifs is 2. The summed E-state index contributed by atoms with van der Waals surface area (Å²) in [4.78, 5) is 17.8. The van der Waals surface area contributed by atoms with Gasteiger partial charge in [-0.05, 0) is 31.2 Å². The van der Waals surface area contributed by atoms with Gasteiger partial charge in [-0.25, -0.2) is 0 Å². The number of aromatic amines is 1. The van der Waals surface area contributed by atoms with Crippen molar-refractivity contribution in [2.45, 2.75) is 12.5 Å². The highest BCUT2D eigenvalue weighted by Gasteiger charge is 2.51. The Morgan fingerprint density at radius 2 is 2.00 bits per heavy atom. The number of halogens is 1. The molecule has 0 fully saturated rings. The molecule has 3 aromatic rings. The normalized spacial score (nSPS) is 20.3. The number of benzene rings is 2. The van der Waals surface area contributed by atoms with E-state index in [9.17, 15) is 9.90 Å². The van der Waals surface area contributed by atoms with Crippen molar-refractivity contribution in [3.8, 4) is 0 Å². The van der Waals surface area contributed by atoms with Gasteiger partial charge in [-0.3, -0.25) is 4.79 Å². The van der Waals surface area contributed by atoms with E-state index in [1.165, 1.54) is 0 Å². The number of rotatable bonds is 2. The van der Waals surface area contributed by atoms with Crippen molar-refractivity contribution in [2.24, 2.45) is 0 Å². The monoisotopic (exact) mass is 370 g/mol. The molecule has 0 aliphatic carbocycles. The van der Waals surface area contributed by atoms with Crippen LogP contribution in [-0.2, 0) is 10.4 Å². The zero-order chi connectivity index (χ0) is 16.2. The quantitative estimate of drug-likeness (QED) is 0.724. The van der Waals surface area contributed by atoms with Crippen LogP contribution in [0.4, 0.5) is 5.69 Å². The van der Waals surface area contributed by atoms with Crippen LogP contribution in [0.3, 0.4) is 0 Å². The van der Waals surface area contributed by atoms with Gasteiger partial charge in [0, 0.05) is 39.2 Å². The number of amides is 1. The van der Waals surface area contributed by atoms with Crippen LogP contribution in [0.25, 0.3) is 10.9 Å². The first-order valence-corrected chi connectivity index (χ1v) is 8.27. The molecule has 0 bridgehead atoms. The number of hydrogen-bond donors (Lipinski definition) is 2. The van der Waals surface area contributed by atoms with E-state index < -0.39 is 5.60 Å². The maximum atomic E-state index is 13.0. The zero-order valence-corrected chi connectivity index (χ0v) is 14.1. The fraction of sp³-hybridized carbons (Fsp3) is 0.167. The number of aromatic nitrogens is 1. The number of para-hydroxylation sites is 1. The van der Waals surface area contributed by atoms with Crippen LogP contribution in [0, 0.1) is 0 Å². The van der Waals surface area contributed by atoms with Crippen LogP contribution in [0.5, 0.6) is 0 Å². The van der Waals surface area contributed by atoms with Crippen molar-refractivity contribution < 1.29 is 9.90 Å². The van der Waals surface area contributed by atoms with Crippen molar-refractivity contribution in [1.82, 2.24) is 4.98 Å². The largest absolute Gasteiger partial charge is 0.372 e. The van der Waals surface area contributed by atoms with Crippen LogP contribution in [0.1, 0.15) is 18.1 Å². The Hall–Kier alpha value is -2.11. The molecule has 2 N–H and O–H groups in total. The molecule has 0 radical (unpaired) electrons. The summed E-state index contributed by atoms with van der Waals surface area (Å²) in [5, 5.41) is 12.3. The molecule has 2 heterocycles. The zero-order valence-electron chi connectivity index (χ0n) is 12.5. The van der Waals surface area contributed by atoms with Crippen molar-refractivity contribution in [1.29, 1.82) is 0 Å². The molecular formula is C18H15BrN2O2. The molecule has 1 atom stereocenters. The lowest BCUT2D eigenvalue weighted by Crippen LogP contribution is -2.41. The van der Waals surface area contributed by atoms with E-state index in [1.54, 1.807) is 11.1 Å². The number of hydrogen-bond acceptors (Lipinski definition) is 2. The predicted octanol–water partition coefficient (Wildman–Crippen LogP) is 3.53.